The Morgan fingerprint density at radius 2 is 1.58 bits per heavy atom. The highest BCUT2D eigenvalue weighted by atomic mass is 35.5. The lowest BCUT2D eigenvalue weighted by Gasteiger charge is -2.44. The van der Waals surface area contributed by atoms with Gasteiger partial charge in [0.25, 0.3) is 0 Å². The van der Waals surface area contributed by atoms with Crippen molar-refractivity contribution in [1.29, 1.82) is 0 Å². The second kappa shape index (κ2) is 5.06. The van der Waals surface area contributed by atoms with Gasteiger partial charge in [-0.1, -0.05) is 23.7 Å². The predicted octanol–water partition coefficient (Wildman–Crippen LogP) is 3.07. The Balaban J connectivity index is 1.80. The van der Waals surface area contributed by atoms with Crippen molar-refractivity contribution in [2.45, 2.75) is 37.0 Å². The minimum atomic E-state index is -0.313. The van der Waals surface area contributed by atoms with Gasteiger partial charge in [0.2, 0.25) is 0 Å². The number of nitrogens with one attached hydrogen (secondary N) is 1. The topological polar surface area (TPSA) is 30.5 Å². The molecule has 0 amide bonds. The first-order valence-corrected chi connectivity index (χ1v) is 7.29. The molecular weight excluding hydrogens is 262 g/mol. The van der Waals surface area contributed by atoms with E-state index in [-0.39, 0.29) is 11.3 Å². The molecule has 2 aliphatic rings. The van der Waals surface area contributed by atoms with Crippen LogP contribution in [0.4, 0.5) is 0 Å². The largest absolute Gasteiger partial charge is 0.348 e. The quantitative estimate of drug-likeness (QED) is 0.904. The molecule has 1 aliphatic heterocycles. The molecule has 1 saturated carbocycles. The Morgan fingerprint density at radius 3 is 2.11 bits per heavy atom. The molecule has 1 spiro atoms. The summed E-state index contributed by atoms with van der Waals surface area (Å²) < 4.78 is 11.6. The molecular formula is C15H20ClNO2. The molecule has 2 fully saturated rings. The van der Waals surface area contributed by atoms with Gasteiger partial charge >= 0.3 is 0 Å². The van der Waals surface area contributed by atoms with Crippen molar-refractivity contribution in [2.75, 3.05) is 20.3 Å². The van der Waals surface area contributed by atoms with E-state index in [4.69, 9.17) is 21.1 Å². The maximum atomic E-state index is 5.98. The zero-order valence-electron chi connectivity index (χ0n) is 11.2. The van der Waals surface area contributed by atoms with Crippen LogP contribution in [0.15, 0.2) is 24.3 Å². The Morgan fingerprint density at radius 1 is 1.00 bits per heavy atom. The van der Waals surface area contributed by atoms with E-state index in [1.54, 1.807) is 0 Å². The van der Waals surface area contributed by atoms with Crippen molar-refractivity contribution in [3.05, 3.63) is 34.9 Å². The summed E-state index contributed by atoms with van der Waals surface area (Å²) >= 11 is 5.98. The number of benzene rings is 1. The average molecular weight is 282 g/mol. The molecule has 0 unspecified atom stereocenters. The fourth-order valence-corrected chi connectivity index (χ4v) is 3.42. The van der Waals surface area contributed by atoms with Crippen molar-refractivity contribution < 1.29 is 9.47 Å². The second-order valence-electron chi connectivity index (χ2n) is 5.45. The first kappa shape index (κ1) is 13.4. The molecule has 0 aromatic heterocycles. The van der Waals surface area contributed by atoms with Crippen LogP contribution in [0.3, 0.4) is 0 Å². The summed E-state index contributed by atoms with van der Waals surface area (Å²) in [6.07, 6.45) is 3.92. The molecule has 0 radical (unpaired) electrons. The molecule has 1 aromatic carbocycles. The van der Waals surface area contributed by atoms with Gasteiger partial charge in [0.1, 0.15) is 0 Å². The molecule has 1 aliphatic carbocycles. The number of halogens is 1. The van der Waals surface area contributed by atoms with Gasteiger partial charge in [0.15, 0.2) is 5.79 Å². The molecule has 104 valence electrons. The SMILES string of the molecule is CNC1(c2ccc(Cl)cc2)CCC2(CC1)OCCO2. The number of hydrogen-bond donors (Lipinski definition) is 1. The van der Waals surface area contributed by atoms with Gasteiger partial charge in [0, 0.05) is 23.4 Å². The summed E-state index contributed by atoms with van der Waals surface area (Å²) in [6.45, 7) is 1.46. The highest BCUT2D eigenvalue weighted by Crippen LogP contribution is 2.44. The molecule has 1 aromatic rings. The van der Waals surface area contributed by atoms with Gasteiger partial charge in [-0.3, -0.25) is 0 Å². The highest BCUT2D eigenvalue weighted by Gasteiger charge is 2.46. The third kappa shape index (κ3) is 2.40. The smallest absolute Gasteiger partial charge is 0.168 e. The summed E-state index contributed by atoms with van der Waals surface area (Å²) in [6, 6.07) is 8.16. The van der Waals surface area contributed by atoms with E-state index in [1.807, 2.05) is 19.2 Å². The summed E-state index contributed by atoms with van der Waals surface area (Å²) in [4.78, 5) is 0. The minimum Gasteiger partial charge on any atom is -0.348 e. The first-order chi connectivity index (χ1) is 9.18. The number of ether oxygens (including phenoxy) is 2. The lowest BCUT2D eigenvalue weighted by Crippen LogP contribution is -2.48. The Bertz CT molecular complexity index is 430. The monoisotopic (exact) mass is 281 g/mol. The van der Waals surface area contributed by atoms with Crippen LogP contribution >= 0.6 is 11.6 Å². The van der Waals surface area contributed by atoms with Gasteiger partial charge in [-0.15, -0.1) is 0 Å². The Kier molecular flexibility index (Phi) is 3.56. The Labute approximate surface area is 119 Å². The van der Waals surface area contributed by atoms with Crippen LogP contribution in [0.5, 0.6) is 0 Å². The van der Waals surface area contributed by atoms with E-state index in [2.05, 4.69) is 17.4 Å². The van der Waals surface area contributed by atoms with E-state index in [0.29, 0.717) is 0 Å². The fourth-order valence-electron chi connectivity index (χ4n) is 3.30. The van der Waals surface area contributed by atoms with E-state index in [1.165, 1.54) is 5.56 Å². The van der Waals surface area contributed by atoms with E-state index < -0.39 is 0 Å². The van der Waals surface area contributed by atoms with Crippen LogP contribution < -0.4 is 5.32 Å². The lowest BCUT2D eigenvalue weighted by molar-refractivity contribution is -0.186. The van der Waals surface area contributed by atoms with Gasteiger partial charge in [-0.05, 0) is 37.6 Å². The molecule has 4 heteroatoms. The molecule has 0 bridgehead atoms. The summed E-state index contributed by atoms with van der Waals surface area (Å²) in [5.74, 6) is -0.313. The normalized spacial score (nSPS) is 24.7. The van der Waals surface area contributed by atoms with Crippen LogP contribution in [0.25, 0.3) is 0 Å². The summed E-state index contributed by atoms with van der Waals surface area (Å²) in [5.41, 5.74) is 1.32. The van der Waals surface area contributed by atoms with Crippen LogP contribution in [-0.2, 0) is 15.0 Å². The maximum absolute atomic E-state index is 5.98. The van der Waals surface area contributed by atoms with Crippen LogP contribution in [0.1, 0.15) is 31.2 Å². The van der Waals surface area contributed by atoms with Crippen LogP contribution in [0, 0.1) is 0 Å². The molecule has 0 atom stereocenters. The molecule has 1 N–H and O–H groups in total. The molecule has 3 rings (SSSR count). The van der Waals surface area contributed by atoms with E-state index in [0.717, 1.165) is 43.9 Å². The molecule has 19 heavy (non-hydrogen) atoms. The van der Waals surface area contributed by atoms with Crippen molar-refractivity contribution in [1.82, 2.24) is 5.32 Å². The first-order valence-electron chi connectivity index (χ1n) is 6.91. The number of rotatable bonds is 2. The number of hydrogen-bond acceptors (Lipinski definition) is 3. The van der Waals surface area contributed by atoms with Crippen LogP contribution in [0.2, 0.25) is 5.02 Å². The van der Waals surface area contributed by atoms with Gasteiger partial charge in [0.05, 0.1) is 13.2 Å². The zero-order valence-corrected chi connectivity index (χ0v) is 12.0. The molecule has 3 nitrogen and oxygen atoms in total. The van der Waals surface area contributed by atoms with Gasteiger partial charge < -0.3 is 14.8 Å². The highest BCUT2D eigenvalue weighted by molar-refractivity contribution is 6.30. The average Bonchev–Trinajstić information content (AvgIpc) is 2.90. The minimum absolute atomic E-state index is 0.0190. The second-order valence-corrected chi connectivity index (χ2v) is 5.88. The van der Waals surface area contributed by atoms with Crippen molar-refractivity contribution in [3.63, 3.8) is 0 Å². The third-order valence-corrected chi connectivity index (χ3v) is 4.81. The van der Waals surface area contributed by atoms with Crippen molar-refractivity contribution >= 4 is 11.6 Å². The van der Waals surface area contributed by atoms with Gasteiger partial charge in [-0.2, -0.15) is 0 Å². The van der Waals surface area contributed by atoms with Crippen molar-refractivity contribution in [2.24, 2.45) is 0 Å². The lowest BCUT2D eigenvalue weighted by atomic mass is 9.74. The fraction of sp³-hybridized carbons (Fsp3) is 0.600. The Hall–Kier alpha value is -0.610. The standard InChI is InChI=1S/C15H20ClNO2/c1-17-14(12-2-4-13(16)5-3-12)6-8-15(9-7-14)18-10-11-19-15/h2-5,17H,6-11H2,1H3. The van der Waals surface area contributed by atoms with Crippen molar-refractivity contribution in [3.8, 4) is 0 Å². The van der Waals surface area contributed by atoms with Crippen LogP contribution in [-0.4, -0.2) is 26.0 Å². The molecule has 1 saturated heterocycles. The summed E-state index contributed by atoms with van der Waals surface area (Å²) in [5, 5.41) is 4.29. The van der Waals surface area contributed by atoms with Gasteiger partial charge in [-0.25, -0.2) is 0 Å². The summed E-state index contributed by atoms with van der Waals surface area (Å²) in [7, 11) is 2.03. The molecule has 1 heterocycles. The maximum Gasteiger partial charge on any atom is 0.168 e. The van der Waals surface area contributed by atoms with E-state index in [9.17, 15) is 0 Å². The third-order valence-electron chi connectivity index (χ3n) is 4.55. The predicted molar refractivity (Wildman–Crippen MR) is 75.3 cm³/mol. The zero-order chi connectivity index (χ0) is 13.3. The van der Waals surface area contributed by atoms with E-state index >= 15 is 0 Å².